The molecule has 2 rings (SSSR count). The molecule has 0 radical (unpaired) electrons. The molecule has 7 heteroatoms. The van der Waals surface area contributed by atoms with Crippen molar-refractivity contribution in [2.45, 2.75) is 64.0 Å². The highest BCUT2D eigenvalue weighted by atomic mass is 32.1. The number of anilines is 1. The summed E-state index contributed by atoms with van der Waals surface area (Å²) < 4.78 is 0. The van der Waals surface area contributed by atoms with Gasteiger partial charge in [-0.25, -0.2) is 4.79 Å². The van der Waals surface area contributed by atoms with E-state index in [1.165, 1.54) is 11.3 Å². The average molecular weight is 298 g/mol. The molecule has 2 amide bonds. The SMILES string of the molecule is CC(C)(C)c1nnc(NC(=O)NC2CCCCC2O)s1. The van der Waals surface area contributed by atoms with Crippen LogP contribution in [0.15, 0.2) is 0 Å². The van der Waals surface area contributed by atoms with Gasteiger partial charge in [-0.2, -0.15) is 0 Å². The zero-order chi connectivity index (χ0) is 14.8. The number of nitrogens with one attached hydrogen (secondary N) is 2. The molecule has 3 N–H and O–H groups in total. The molecule has 1 saturated carbocycles. The Hall–Kier alpha value is -1.21. The Bertz CT molecular complexity index is 469. The van der Waals surface area contributed by atoms with Crippen molar-refractivity contribution in [3.8, 4) is 0 Å². The molecule has 1 aliphatic rings. The van der Waals surface area contributed by atoms with E-state index in [1.54, 1.807) is 0 Å². The predicted molar refractivity (Wildman–Crippen MR) is 79.0 cm³/mol. The highest BCUT2D eigenvalue weighted by Crippen LogP contribution is 2.27. The zero-order valence-electron chi connectivity index (χ0n) is 12.1. The van der Waals surface area contributed by atoms with Crippen LogP contribution in [-0.4, -0.2) is 33.5 Å². The minimum Gasteiger partial charge on any atom is -0.391 e. The molecule has 6 nitrogen and oxygen atoms in total. The molecule has 2 unspecified atom stereocenters. The Kier molecular flexibility index (Phi) is 4.59. The zero-order valence-corrected chi connectivity index (χ0v) is 13.0. The highest BCUT2D eigenvalue weighted by Gasteiger charge is 2.25. The maximum atomic E-state index is 11.9. The Morgan fingerprint density at radius 1 is 1.30 bits per heavy atom. The standard InChI is InChI=1S/C13H22N4O2S/c1-13(2,3)10-16-17-12(20-10)15-11(19)14-8-6-4-5-7-9(8)18/h8-9,18H,4-7H2,1-3H3,(H2,14,15,17,19). The van der Waals surface area contributed by atoms with Crippen LogP contribution in [0.4, 0.5) is 9.93 Å². The average Bonchev–Trinajstić information content (AvgIpc) is 2.80. The smallest absolute Gasteiger partial charge is 0.321 e. The van der Waals surface area contributed by atoms with Gasteiger partial charge in [0.05, 0.1) is 12.1 Å². The first kappa shape index (κ1) is 15.2. The highest BCUT2D eigenvalue weighted by molar-refractivity contribution is 7.15. The van der Waals surface area contributed by atoms with E-state index in [1.807, 2.05) is 0 Å². The van der Waals surface area contributed by atoms with Crippen molar-refractivity contribution in [3.63, 3.8) is 0 Å². The summed E-state index contributed by atoms with van der Waals surface area (Å²) in [5, 5.41) is 24.7. The molecule has 2 atom stereocenters. The summed E-state index contributed by atoms with van der Waals surface area (Å²) in [5.41, 5.74) is -0.0758. The molecule has 1 aromatic heterocycles. The number of rotatable bonds is 2. The van der Waals surface area contributed by atoms with E-state index < -0.39 is 6.10 Å². The lowest BCUT2D eigenvalue weighted by atomic mass is 9.93. The molecule has 0 aliphatic heterocycles. The van der Waals surface area contributed by atoms with Crippen molar-refractivity contribution in [2.24, 2.45) is 0 Å². The second-order valence-corrected chi connectivity index (χ2v) is 7.20. The summed E-state index contributed by atoms with van der Waals surface area (Å²) in [6.07, 6.45) is 3.17. The number of aromatic nitrogens is 2. The fraction of sp³-hybridized carbons (Fsp3) is 0.769. The summed E-state index contributed by atoms with van der Waals surface area (Å²) in [6, 6.07) is -0.494. The lowest BCUT2D eigenvalue weighted by Gasteiger charge is -2.28. The number of nitrogens with zero attached hydrogens (tertiary/aromatic N) is 2. The maximum Gasteiger partial charge on any atom is 0.321 e. The summed E-state index contributed by atoms with van der Waals surface area (Å²) in [5.74, 6) is 0. The number of urea groups is 1. The van der Waals surface area contributed by atoms with Crippen LogP contribution in [-0.2, 0) is 5.41 Å². The van der Waals surface area contributed by atoms with E-state index in [0.717, 1.165) is 30.7 Å². The van der Waals surface area contributed by atoms with Crippen LogP contribution in [0.1, 0.15) is 51.5 Å². The van der Waals surface area contributed by atoms with Crippen LogP contribution in [0, 0.1) is 0 Å². The Balaban J connectivity index is 1.89. The molecule has 112 valence electrons. The first-order valence-electron chi connectivity index (χ1n) is 6.96. The van der Waals surface area contributed by atoms with Crippen LogP contribution in [0.25, 0.3) is 0 Å². The fourth-order valence-corrected chi connectivity index (χ4v) is 2.95. The van der Waals surface area contributed by atoms with Gasteiger partial charge in [0, 0.05) is 5.41 Å². The van der Waals surface area contributed by atoms with E-state index in [2.05, 4.69) is 41.6 Å². The lowest BCUT2D eigenvalue weighted by molar-refractivity contribution is 0.0955. The predicted octanol–water partition coefficient (Wildman–Crippen LogP) is 2.26. The molecular formula is C13H22N4O2S. The lowest BCUT2D eigenvalue weighted by Crippen LogP contribution is -2.46. The van der Waals surface area contributed by atoms with Crippen molar-refractivity contribution >= 4 is 22.5 Å². The van der Waals surface area contributed by atoms with Crippen molar-refractivity contribution in [2.75, 3.05) is 5.32 Å². The van der Waals surface area contributed by atoms with E-state index in [-0.39, 0.29) is 17.5 Å². The van der Waals surface area contributed by atoms with Gasteiger partial charge < -0.3 is 10.4 Å². The molecule has 0 spiro atoms. The third-order valence-electron chi connectivity index (χ3n) is 3.33. The summed E-state index contributed by atoms with van der Waals surface area (Å²) in [7, 11) is 0. The van der Waals surface area contributed by atoms with Gasteiger partial charge in [0.1, 0.15) is 5.01 Å². The Labute approximate surface area is 123 Å². The van der Waals surface area contributed by atoms with Crippen LogP contribution in [0.2, 0.25) is 0 Å². The first-order valence-corrected chi connectivity index (χ1v) is 7.77. The first-order chi connectivity index (χ1) is 9.36. The quantitative estimate of drug-likeness (QED) is 0.781. The van der Waals surface area contributed by atoms with E-state index in [9.17, 15) is 9.90 Å². The molecule has 20 heavy (non-hydrogen) atoms. The van der Waals surface area contributed by atoms with Gasteiger partial charge in [-0.15, -0.1) is 10.2 Å². The van der Waals surface area contributed by atoms with Crippen LogP contribution >= 0.6 is 11.3 Å². The molecule has 1 aromatic rings. The number of amides is 2. The van der Waals surface area contributed by atoms with Gasteiger partial charge in [0.2, 0.25) is 5.13 Å². The summed E-state index contributed by atoms with van der Waals surface area (Å²) in [4.78, 5) is 11.9. The molecule has 1 aliphatic carbocycles. The summed E-state index contributed by atoms with van der Waals surface area (Å²) in [6.45, 7) is 6.15. The molecular weight excluding hydrogens is 276 g/mol. The maximum absolute atomic E-state index is 11.9. The van der Waals surface area contributed by atoms with Crippen molar-refractivity contribution in [1.82, 2.24) is 15.5 Å². The van der Waals surface area contributed by atoms with E-state index >= 15 is 0 Å². The van der Waals surface area contributed by atoms with Gasteiger partial charge in [0.25, 0.3) is 0 Å². The van der Waals surface area contributed by atoms with Gasteiger partial charge in [-0.1, -0.05) is 44.9 Å². The van der Waals surface area contributed by atoms with Gasteiger partial charge >= 0.3 is 6.03 Å². The number of carbonyl (C=O) groups is 1. The van der Waals surface area contributed by atoms with Crippen LogP contribution in [0.5, 0.6) is 0 Å². The second-order valence-electron chi connectivity index (χ2n) is 6.22. The normalized spacial score (nSPS) is 23.4. The summed E-state index contributed by atoms with van der Waals surface area (Å²) >= 11 is 1.37. The minimum atomic E-state index is -0.450. The Morgan fingerprint density at radius 2 is 2.00 bits per heavy atom. The number of aliphatic hydroxyl groups is 1. The fourth-order valence-electron chi connectivity index (χ4n) is 2.16. The molecule has 0 bridgehead atoms. The van der Waals surface area contributed by atoms with Crippen molar-refractivity contribution < 1.29 is 9.90 Å². The molecule has 0 saturated heterocycles. The van der Waals surface area contributed by atoms with Crippen LogP contribution in [0.3, 0.4) is 0 Å². The van der Waals surface area contributed by atoms with Gasteiger partial charge in [0.15, 0.2) is 0 Å². The molecule has 1 heterocycles. The largest absolute Gasteiger partial charge is 0.391 e. The number of hydrogen-bond acceptors (Lipinski definition) is 5. The topological polar surface area (TPSA) is 87.1 Å². The second kappa shape index (κ2) is 6.05. The third-order valence-corrected chi connectivity index (χ3v) is 4.60. The monoisotopic (exact) mass is 298 g/mol. The number of hydrogen-bond donors (Lipinski definition) is 3. The minimum absolute atomic E-state index is 0.0758. The van der Waals surface area contributed by atoms with Crippen molar-refractivity contribution in [3.05, 3.63) is 5.01 Å². The van der Waals surface area contributed by atoms with Gasteiger partial charge in [-0.05, 0) is 12.8 Å². The number of carbonyl (C=O) groups excluding carboxylic acids is 1. The number of aliphatic hydroxyl groups excluding tert-OH is 1. The van der Waals surface area contributed by atoms with Gasteiger partial charge in [-0.3, -0.25) is 5.32 Å². The third kappa shape index (κ3) is 3.89. The molecule has 1 fully saturated rings. The van der Waals surface area contributed by atoms with E-state index in [4.69, 9.17) is 0 Å². The van der Waals surface area contributed by atoms with Crippen molar-refractivity contribution in [1.29, 1.82) is 0 Å². The van der Waals surface area contributed by atoms with Crippen LogP contribution < -0.4 is 10.6 Å². The van der Waals surface area contributed by atoms with E-state index in [0.29, 0.717) is 5.13 Å². The Morgan fingerprint density at radius 3 is 2.60 bits per heavy atom. The molecule has 0 aromatic carbocycles.